The zero-order valence-corrected chi connectivity index (χ0v) is 14.8. The van der Waals surface area contributed by atoms with E-state index in [4.69, 9.17) is 23.2 Å². The third kappa shape index (κ3) is 2.37. The Morgan fingerprint density at radius 2 is 2.05 bits per heavy atom. The lowest BCUT2D eigenvalue weighted by molar-refractivity contribution is 0.748. The number of aryl methyl sites for hydroxylation is 2. The molecular weight excluding hydrogens is 375 g/mol. The van der Waals surface area contributed by atoms with Crippen molar-refractivity contribution < 1.29 is 0 Å². The van der Waals surface area contributed by atoms with Crippen LogP contribution in [0.2, 0.25) is 5.02 Å². The summed E-state index contributed by atoms with van der Waals surface area (Å²) in [5, 5.41) is 4.81. The molecule has 3 aromatic rings. The fraction of sp³-hybridized carbons (Fsp3) is 0.286. The summed E-state index contributed by atoms with van der Waals surface area (Å²) in [5.41, 5.74) is 3.45. The predicted molar refractivity (Wildman–Crippen MR) is 89.6 cm³/mol. The lowest BCUT2D eigenvalue weighted by Gasteiger charge is -2.13. The van der Waals surface area contributed by atoms with E-state index >= 15 is 0 Å². The number of imidazole rings is 1. The number of benzene rings is 1. The van der Waals surface area contributed by atoms with E-state index in [1.54, 1.807) is 4.68 Å². The number of fused-ring (bicyclic) bond motifs is 1. The van der Waals surface area contributed by atoms with Gasteiger partial charge < -0.3 is 0 Å². The molecule has 2 heterocycles. The van der Waals surface area contributed by atoms with E-state index in [0.29, 0.717) is 5.02 Å². The van der Waals surface area contributed by atoms with Crippen LogP contribution in [0.4, 0.5) is 0 Å². The van der Waals surface area contributed by atoms with Crippen molar-refractivity contribution in [1.82, 2.24) is 19.3 Å². The minimum atomic E-state index is -0.239. The Hall–Kier alpha value is -1.04. The zero-order valence-electron chi connectivity index (χ0n) is 11.7. The van der Waals surface area contributed by atoms with Crippen molar-refractivity contribution in [2.24, 2.45) is 7.05 Å². The first-order chi connectivity index (χ1) is 9.90. The van der Waals surface area contributed by atoms with E-state index in [1.807, 2.05) is 43.7 Å². The molecule has 1 unspecified atom stereocenters. The number of hydrogen-bond acceptors (Lipinski definition) is 2. The van der Waals surface area contributed by atoms with Gasteiger partial charge in [0.1, 0.15) is 11.3 Å². The summed E-state index contributed by atoms with van der Waals surface area (Å²) in [6.07, 6.45) is 0. The highest BCUT2D eigenvalue weighted by molar-refractivity contribution is 9.10. The van der Waals surface area contributed by atoms with E-state index in [0.717, 1.165) is 32.8 Å². The first-order valence-corrected chi connectivity index (χ1v) is 8.02. The normalized spacial score (nSPS) is 13.0. The molecule has 0 bridgehead atoms. The van der Waals surface area contributed by atoms with Crippen molar-refractivity contribution in [2.45, 2.75) is 19.2 Å². The van der Waals surface area contributed by atoms with Crippen molar-refractivity contribution in [2.75, 3.05) is 0 Å². The van der Waals surface area contributed by atoms with Gasteiger partial charge in [-0.3, -0.25) is 4.57 Å². The summed E-state index contributed by atoms with van der Waals surface area (Å²) in [7, 11) is 1.89. The van der Waals surface area contributed by atoms with Gasteiger partial charge in [-0.25, -0.2) is 9.67 Å². The van der Waals surface area contributed by atoms with Crippen molar-refractivity contribution >= 4 is 50.3 Å². The van der Waals surface area contributed by atoms with Crippen LogP contribution in [-0.2, 0) is 7.05 Å². The van der Waals surface area contributed by atoms with Gasteiger partial charge in [-0.2, -0.15) is 5.10 Å². The molecule has 0 aliphatic heterocycles. The predicted octanol–water partition coefficient (Wildman–Crippen LogP) is 4.78. The van der Waals surface area contributed by atoms with Crippen molar-refractivity contribution in [3.8, 4) is 5.69 Å². The average molecular weight is 388 g/mol. The number of hydrogen-bond donors (Lipinski definition) is 0. The standard InChI is InChI=1S/C14H13BrCl2N4/c1-7(16)13-18-12-8(2)19-20(3)14(12)21(13)11-5-4-9(15)6-10(11)17/h4-7H,1-3H3. The average Bonchev–Trinajstić information content (AvgIpc) is 2.90. The Morgan fingerprint density at radius 1 is 1.33 bits per heavy atom. The summed E-state index contributed by atoms with van der Waals surface area (Å²) in [6, 6.07) is 5.74. The van der Waals surface area contributed by atoms with E-state index in [1.165, 1.54) is 0 Å². The molecule has 110 valence electrons. The molecule has 4 nitrogen and oxygen atoms in total. The second-order valence-corrected chi connectivity index (χ2v) is 6.88. The zero-order chi connectivity index (χ0) is 15.3. The highest BCUT2D eigenvalue weighted by atomic mass is 79.9. The molecule has 3 rings (SSSR count). The molecule has 0 N–H and O–H groups in total. The maximum absolute atomic E-state index is 6.41. The lowest BCUT2D eigenvalue weighted by atomic mass is 10.3. The summed E-state index contributed by atoms with van der Waals surface area (Å²) in [5.74, 6) is 0.756. The number of alkyl halides is 1. The van der Waals surface area contributed by atoms with Crippen molar-refractivity contribution in [3.05, 3.63) is 39.2 Å². The highest BCUT2D eigenvalue weighted by Gasteiger charge is 2.22. The van der Waals surface area contributed by atoms with Crippen LogP contribution in [-0.4, -0.2) is 19.3 Å². The molecule has 0 aliphatic carbocycles. The topological polar surface area (TPSA) is 35.6 Å². The smallest absolute Gasteiger partial charge is 0.163 e. The Bertz CT molecular complexity index is 835. The van der Waals surface area contributed by atoms with E-state index in [9.17, 15) is 0 Å². The van der Waals surface area contributed by atoms with Gasteiger partial charge in [0, 0.05) is 11.5 Å². The van der Waals surface area contributed by atoms with Crippen LogP contribution in [0.15, 0.2) is 22.7 Å². The van der Waals surface area contributed by atoms with Gasteiger partial charge in [-0.05, 0) is 32.0 Å². The minimum absolute atomic E-state index is 0.239. The first kappa shape index (κ1) is 14.9. The third-order valence-electron chi connectivity index (χ3n) is 3.33. The molecule has 1 aromatic carbocycles. The summed E-state index contributed by atoms with van der Waals surface area (Å²) in [4.78, 5) is 4.65. The van der Waals surface area contributed by atoms with Gasteiger partial charge in [0.15, 0.2) is 5.65 Å². The molecule has 0 saturated heterocycles. The van der Waals surface area contributed by atoms with Crippen LogP contribution in [0.1, 0.15) is 23.8 Å². The Labute approximate surface area is 140 Å². The quantitative estimate of drug-likeness (QED) is 0.593. The van der Waals surface area contributed by atoms with Crippen LogP contribution in [0.3, 0.4) is 0 Å². The minimum Gasteiger partial charge on any atom is -0.278 e. The molecule has 0 fully saturated rings. The Morgan fingerprint density at radius 3 is 2.67 bits per heavy atom. The van der Waals surface area contributed by atoms with Gasteiger partial charge in [0.05, 0.1) is 21.8 Å². The number of nitrogens with zero attached hydrogens (tertiary/aromatic N) is 4. The van der Waals surface area contributed by atoms with E-state index in [-0.39, 0.29) is 5.38 Å². The summed E-state index contributed by atoms with van der Waals surface area (Å²) in [6.45, 7) is 3.83. The van der Waals surface area contributed by atoms with Crippen LogP contribution in [0.5, 0.6) is 0 Å². The van der Waals surface area contributed by atoms with Gasteiger partial charge in [-0.1, -0.05) is 27.5 Å². The van der Waals surface area contributed by atoms with Crippen LogP contribution < -0.4 is 0 Å². The Kier molecular flexibility index (Phi) is 3.76. The summed E-state index contributed by atoms with van der Waals surface area (Å²) >= 11 is 16.1. The van der Waals surface area contributed by atoms with E-state index in [2.05, 4.69) is 26.0 Å². The molecular formula is C14H13BrCl2N4. The molecule has 0 radical (unpaired) electrons. The molecule has 0 spiro atoms. The molecule has 0 saturated carbocycles. The second kappa shape index (κ2) is 5.30. The van der Waals surface area contributed by atoms with Gasteiger partial charge in [0.25, 0.3) is 0 Å². The fourth-order valence-corrected chi connectivity index (χ4v) is 3.36. The van der Waals surface area contributed by atoms with Gasteiger partial charge in [-0.15, -0.1) is 11.6 Å². The van der Waals surface area contributed by atoms with Crippen LogP contribution in [0, 0.1) is 6.92 Å². The largest absolute Gasteiger partial charge is 0.278 e. The molecule has 2 aromatic heterocycles. The van der Waals surface area contributed by atoms with Gasteiger partial charge in [0.2, 0.25) is 0 Å². The maximum Gasteiger partial charge on any atom is 0.163 e. The van der Waals surface area contributed by atoms with Crippen LogP contribution in [0.25, 0.3) is 16.9 Å². The highest BCUT2D eigenvalue weighted by Crippen LogP contribution is 2.33. The lowest BCUT2D eigenvalue weighted by Crippen LogP contribution is -2.06. The first-order valence-electron chi connectivity index (χ1n) is 6.41. The second-order valence-electron chi connectivity index (χ2n) is 4.90. The third-order valence-corrected chi connectivity index (χ3v) is 4.33. The SMILES string of the molecule is Cc1nn(C)c2c1nc(C(C)Cl)n2-c1ccc(Br)cc1Cl. The molecule has 0 amide bonds. The Balaban J connectivity index is 2.41. The monoisotopic (exact) mass is 386 g/mol. The molecule has 0 aliphatic rings. The number of aromatic nitrogens is 4. The number of rotatable bonds is 2. The molecule has 1 atom stereocenters. The fourth-order valence-electron chi connectivity index (χ4n) is 2.46. The van der Waals surface area contributed by atoms with Crippen LogP contribution >= 0.6 is 39.1 Å². The summed E-state index contributed by atoms with van der Waals surface area (Å²) < 4.78 is 4.70. The molecule has 7 heteroatoms. The van der Waals surface area contributed by atoms with Crippen molar-refractivity contribution in [1.29, 1.82) is 0 Å². The maximum atomic E-state index is 6.41. The van der Waals surface area contributed by atoms with E-state index < -0.39 is 0 Å². The molecule has 21 heavy (non-hydrogen) atoms. The van der Waals surface area contributed by atoms with Crippen molar-refractivity contribution in [3.63, 3.8) is 0 Å². The van der Waals surface area contributed by atoms with Gasteiger partial charge >= 0.3 is 0 Å². The number of halogens is 3.